The third-order valence-corrected chi connectivity index (χ3v) is 3.24. The average molecular weight is 239 g/mol. The summed E-state index contributed by atoms with van der Waals surface area (Å²) < 4.78 is 6.89. The molecule has 0 aliphatic carbocycles. The number of hydrogen-bond donors (Lipinski definition) is 0. The number of aryl methyl sites for hydroxylation is 2. The van der Waals surface area contributed by atoms with Gasteiger partial charge >= 0.3 is 0 Å². The second-order valence-electron chi connectivity index (χ2n) is 3.33. The van der Waals surface area contributed by atoms with Gasteiger partial charge in [0.2, 0.25) is 5.89 Å². The molecule has 86 valence electrons. The molecule has 0 saturated carbocycles. The second kappa shape index (κ2) is 4.65. The van der Waals surface area contributed by atoms with Gasteiger partial charge in [0.1, 0.15) is 6.33 Å². The Bertz CT molecular complexity index is 466. The second-order valence-corrected chi connectivity index (χ2v) is 4.64. The fourth-order valence-corrected chi connectivity index (χ4v) is 2.00. The van der Waals surface area contributed by atoms with Gasteiger partial charge in [-0.25, -0.2) is 9.67 Å². The number of aromatic nitrogens is 5. The first kappa shape index (κ1) is 11.1. The summed E-state index contributed by atoms with van der Waals surface area (Å²) in [5.41, 5.74) is 0. The van der Waals surface area contributed by atoms with E-state index in [9.17, 15) is 0 Å². The zero-order valence-electron chi connectivity index (χ0n) is 9.41. The lowest BCUT2D eigenvalue weighted by Gasteiger charge is -2.04. The molecule has 16 heavy (non-hydrogen) atoms. The van der Waals surface area contributed by atoms with E-state index in [1.54, 1.807) is 16.4 Å². The van der Waals surface area contributed by atoms with Gasteiger partial charge in [0.15, 0.2) is 11.0 Å². The van der Waals surface area contributed by atoms with Crippen molar-refractivity contribution < 1.29 is 4.52 Å². The van der Waals surface area contributed by atoms with Gasteiger partial charge in [-0.15, -0.1) is 0 Å². The fraction of sp³-hybridized carbons (Fsp3) is 0.556. The van der Waals surface area contributed by atoms with Crippen molar-refractivity contribution in [2.75, 3.05) is 0 Å². The molecular weight excluding hydrogens is 226 g/mol. The highest BCUT2D eigenvalue weighted by Crippen LogP contribution is 2.31. The van der Waals surface area contributed by atoms with Crippen molar-refractivity contribution in [3.05, 3.63) is 18.0 Å². The van der Waals surface area contributed by atoms with E-state index >= 15 is 0 Å². The number of nitrogens with zero attached hydrogens (tertiary/aromatic N) is 5. The minimum absolute atomic E-state index is 0.0794. The van der Waals surface area contributed by atoms with E-state index in [1.165, 1.54) is 6.33 Å². The lowest BCUT2D eigenvalue weighted by atomic mass is 10.4. The number of hydrogen-bond acceptors (Lipinski definition) is 6. The molecule has 0 aliphatic heterocycles. The van der Waals surface area contributed by atoms with Crippen LogP contribution in [-0.2, 0) is 13.5 Å². The summed E-state index contributed by atoms with van der Waals surface area (Å²) in [6.07, 6.45) is 2.31. The van der Waals surface area contributed by atoms with E-state index in [-0.39, 0.29) is 5.25 Å². The quantitative estimate of drug-likeness (QED) is 0.755. The molecule has 0 N–H and O–H groups in total. The Morgan fingerprint density at radius 1 is 1.56 bits per heavy atom. The molecule has 0 amide bonds. The van der Waals surface area contributed by atoms with Gasteiger partial charge in [0.25, 0.3) is 0 Å². The van der Waals surface area contributed by atoms with Crippen LogP contribution < -0.4 is 0 Å². The standard InChI is InChI=1S/C9H13N5OS/c1-4-7-12-8(15-13-7)6(2)16-9-10-5-11-14(9)3/h5-6H,4H2,1-3H3/t6-/m0/s1. The van der Waals surface area contributed by atoms with Gasteiger partial charge in [-0.2, -0.15) is 10.1 Å². The topological polar surface area (TPSA) is 69.6 Å². The monoisotopic (exact) mass is 239 g/mol. The molecule has 0 fully saturated rings. The van der Waals surface area contributed by atoms with Crippen LogP contribution in [0.2, 0.25) is 0 Å². The SMILES string of the molecule is CCc1noc([C@H](C)Sc2ncnn2C)n1. The van der Waals surface area contributed by atoms with Crippen LogP contribution in [0.1, 0.15) is 30.8 Å². The molecule has 0 spiro atoms. The third kappa shape index (κ3) is 2.24. The van der Waals surface area contributed by atoms with Crippen LogP contribution in [0, 0.1) is 0 Å². The molecule has 1 atom stereocenters. The smallest absolute Gasteiger partial charge is 0.239 e. The zero-order chi connectivity index (χ0) is 11.5. The van der Waals surface area contributed by atoms with Gasteiger partial charge in [-0.05, 0) is 6.92 Å². The van der Waals surface area contributed by atoms with Gasteiger partial charge in [-0.1, -0.05) is 23.8 Å². The summed E-state index contributed by atoms with van der Waals surface area (Å²) >= 11 is 1.55. The molecule has 2 aromatic rings. The summed E-state index contributed by atoms with van der Waals surface area (Å²) in [6.45, 7) is 4.00. The summed E-state index contributed by atoms with van der Waals surface area (Å²) in [6, 6.07) is 0. The van der Waals surface area contributed by atoms with Crippen LogP contribution >= 0.6 is 11.8 Å². The van der Waals surface area contributed by atoms with Crippen molar-refractivity contribution in [1.82, 2.24) is 24.9 Å². The molecule has 0 bridgehead atoms. The molecule has 0 saturated heterocycles. The highest BCUT2D eigenvalue weighted by Gasteiger charge is 2.17. The maximum atomic E-state index is 5.17. The largest absolute Gasteiger partial charge is 0.338 e. The molecule has 2 aromatic heterocycles. The Kier molecular flexibility index (Phi) is 3.23. The van der Waals surface area contributed by atoms with Crippen LogP contribution in [0.25, 0.3) is 0 Å². The fourth-order valence-electron chi connectivity index (χ4n) is 1.18. The van der Waals surface area contributed by atoms with Crippen molar-refractivity contribution in [2.45, 2.75) is 30.7 Å². The molecule has 6 nitrogen and oxygen atoms in total. The van der Waals surface area contributed by atoms with E-state index in [2.05, 4.69) is 20.2 Å². The number of rotatable bonds is 4. The normalized spacial score (nSPS) is 12.9. The van der Waals surface area contributed by atoms with Crippen molar-refractivity contribution in [3.8, 4) is 0 Å². The Labute approximate surface area is 97.4 Å². The Morgan fingerprint density at radius 2 is 2.38 bits per heavy atom. The first-order valence-corrected chi connectivity index (χ1v) is 5.91. The average Bonchev–Trinajstić information content (AvgIpc) is 2.88. The Morgan fingerprint density at radius 3 is 2.94 bits per heavy atom. The molecule has 0 radical (unpaired) electrons. The summed E-state index contributed by atoms with van der Waals surface area (Å²) in [5.74, 6) is 1.37. The maximum Gasteiger partial charge on any atom is 0.239 e. The molecule has 7 heteroatoms. The van der Waals surface area contributed by atoms with Gasteiger partial charge in [0.05, 0.1) is 5.25 Å². The predicted octanol–water partition coefficient (Wildman–Crippen LogP) is 1.61. The van der Waals surface area contributed by atoms with Gasteiger partial charge in [0, 0.05) is 13.5 Å². The molecular formula is C9H13N5OS. The van der Waals surface area contributed by atoms with E-state index in [1.807, 2.05) is 20.9 Å². The third-order valence-electron chi connectivity index (χ3n) is 2.10. The lowest BCUT2D eigenvalue weighted by Crippen LogP contribution is -1.96. The van der Waals surface area contributed by atoms with Gasteiger partial charge in [-0.3, -0.25) is 0 Å². The van der Waals surface area contributed by atoms with Crippen molar-refractivity contribution >= 4 is 11.8 Å². The number of thioether (sulfide) groups is 1. The van der Waals surface area contributed by atoms with Crippen LogP contribution in [0.15, 0.2) is 16.0 Å². The summed E-state index contributed by atoms with van der Waals surface area (Å²) in [5, 5.41) is 8.78. The highest BCUT2D eigenvalue weighted by molar-refractivity contribution is 7.99. The summed E-state index contributed by atoms with van der Waals surface area (Å²) in [7, 11) is 1.85. The minimum Gasteiger partial charge on any atom is -0.338 e. The summed E-state index contributed by atoms with van der Waals surface area (Å²) in [4.78, 5) is 8.42. The van der Waals surface area contributed by atoms with Crippen LogP contribution in [-0.4, -0.2) is 24.9 Å². The van der Waals surface area contributed by atoms with E-state index in [0.29, 0.717) is 5.89 Å². The molecule has 2 rings (SSSR count). The van der Waals surface area contributed by atoms with E-state index < -0.39 is 0 Å². The van der Waals surface area contributed by atoms with Crippen LogP contribution in [0.4, 0.5) is 0 Å². The lowest BCUT2D eigenvalue weighted by molar-refractivity contribution is 0.375. The minimum atomic E-state index is 0.0794. The first-order valence-electron chi connectivity index (χ1n) is 5.03. The zero-order valence-corrected chi connectivity index (χ0v) is 10.2. The highest BCUT2D eigenvalue weighted by atomic mass is 32.2. The Hall–Kier alpha value is -1.37. The van der Waals surface area contributed by atoms with E-state index in [4.69, 9.17) is 4.52 Å². The molecule has 0 aromatic carbocycles. The molecule has 0 aliphatic rings. The van der Waals surface area contributed by atoms with Crippen molar-refractivity contribution in [2.24, 2.45) is 7.05 Å². The van der Waals surface area contributed by atoms with Crippen molar-refractivity contribution in [1.29, 1.82) is 0 Å². The van der Waals surface area contributed by atoms with Crippen LogP contribution in [0.3, 0.4) is 0 Å². The molecule has 2 heterocycles. The van der Waals surface area contributed by atoms with Gasteiger partial charge < -0.3 is 4.52 Å². The first-order chi connectivity index (χ1) is 7.70. The predicted molar refractivity (Wildman–Crippen MR) is 59.0 cm³/mol. The Balaban J connectivity index is 2.08. The molecule has 0 unspecified atom stereocenters. The van der Waals surface area contributed by atoms with Crippen molar-refractivity contribution in [3.63, 3.8) is 0 Å². The van der Waals surface area contributed by atoms with Crippen LogP contribution in [0.5, 0.6) is 0 Å². The van der Waals surface area contributed by atoms with E-state index in [0.717, 1.165) is 17.4 Å². The maximum absolute atomic E-state index is 5.17.